The number of amides is 1. The van der Waals surface area contributed by atoms with Gasteiger partial charge in [0.05, 0.1) is 4.91 Å². The fourth-order valence-electron chi connectivity index (χ4n) is 2.70. The van der Waals surface area contributed by atoms with Crippen molar-refractivity contribution in [3.05, 3.63) is 28.9 Å². The number of carboxylic acid groups (broad SMARTS) is 1. The predicted octanol–water partition coefficient (Wildman–Crippen LogP) is 4.42. The van der Waals surface area contributed by atoms with Gasteiger partial charge in [0.25, 0.3) is 5.91 Å². The van der Waals surface area contributed by atoms with Gasteiger partial charge in [-0.2, -0.15) is 0 Å². The number of nitrogens with zero attached hydrogens (tertiary/aromatic N) is 1. The highest BCUT2D eigenvalue weighted by atomic mass is 32.2. The number of aromatic nitrogens is 1. The van der Waals surface area contributed by atoms with Gasteiger partial charge < -0.3 is 10.1 Å². The molecule has 0 aliphatic carbocycles. The molecule has 1 aromatic rings. The molecule has 1 aromatic heterocycles. The van der Waals surface area contributed by atoms with Crippen molar-refractivity contribution in [3.8, 4) is 0 Å². The Hall–Kier alpha value is -1.60. The number of carbonyl (C=O) groups excluding carboxylic acids is 1. The van der Waals surface area contributed by atoms with Gasteiger partial charge in [-0.3, -0.25) is 14.5 Å². The van der Waals surface area contributed by atoms with Crippen molar-refractivity contribution in [1.29, 1.82) is 0 Å². The van der Waals surface area contributed by atoms with Crippen molar-refractivity contribution in [1.82, 2.24) is 9.88 Å². The van der Waals surface area contributed by atoms with E-state index in [0.717, 1.165) is 50.6 Å². The Bertz CT molecular complexity index is 626. The second-order valence-electron chi connectivity index (χ2n) is 6.08. The highest BCUT2D eigenvalue weighted by molar-refractivity contribution is 8.26. The summed E-state index contributed by atoms with van der Waals surface area (Å²) in [5, 5.41) is 8.57. The van der Waals surface area contributed by atoms with E-state index in [9.17, 15) is 9.59 Å². The molecule has 0 aromatic carbocycles. The zero-order valence-corrected chi connectivity index (χ0v) is 15.8. The Labute approximate surface area is 157 Å². The third kappa shape index (κ3) is 6.66. The highest BCUT2D eigenvalue weighted by Crippen LogP contribution is 2.32. The van der Waals surface area contributed by atoms with E-state index in [1.165, 1.54) is 11.8 Å². The maximum Gasteiger partial charge on any atom is 0.303 e. The molecule has 0 bridgehead atoms. The summed E-state index contributed by atoms with van der Waals surface area (Å²) >= 11 is 6.69. The first-order valence-corrected chi connectivity index (χ1v) is 9.91. The molecule has 1 aliphatic heterocycles. The first kappa shape index (κ1) is 19.7. The van der Waals surface area contributed by atoms with Crippen molar-refractivity contribution in [3.63, 3.8) is 0 Å². The number of aliphatic carboxylic acids is 1. The Morgan fingerprint density at radius 3 is 2.52 bits per heavy atom. The van der Waals surface area contributed by atoms with Crippen LogP contribution in [0.1, 0.15) is 57.1 Å². The van der Waals surface area contributed by atoms with Crippen molar-refractivity contribution in [2.45, 2.75) is 51.4 Å². The fraction of sp³-hybridized carbons (Fsp3) is 0.500. The normalized spacial score (nSPS) is 16.2. The SMILES string of the molecule is O=C(O)CCCCCCCCCN1C(=O)/C(=C/c2ccc[nH]2)SC1=S. The lowest BCUT2D eigenvalue weighted by molar-refractivity contribution is -0.137. The number of aromatic amines is 1. The first-order valence-electron chi connectivity index (χ1n) is 8.68. The minimum atomic E-state index is -0.714. The van der Waals surface area contributed by atoms with Gasteiger partial charge in [0.2, 0.25) is 0 Å². The predicted molar refractivity (Wildman–Crippen MR) is 105 cm³/mol. The van der Waals surface area contributed by atoms with E-state index in [2.05, 4.69) is 4.98 Å². The van der Waals surface area contributed by atoms with Gasteiger partial charge in [0, 0.05) is 24.9 Å². The number of hydrogen-bond acceptors (Lipinski definition) is 4. The van der Waals surface area contributed by atoms with Crippen LogP contribution in [-0.2, 0) is 9.59 Å². The smallest absolute Gasteiger partial charge is 0.303 e. The number of rotatable bonds is 11. The van der Waals surface area contributed by atoms with Crippen LogP contribution in [0.4, 0.5) is 0 Å². The van der Waals surface area contributed by atoms with Crippen LogP contribution in [0.5, 0.6) is 0 Å². The van der Waals surface area contributed by atoms with E-state index < -0.39 is 5.97 Å². The summed E-state index contributed by atoms with van der Waals surface area (Å²) in [6, 6.07) is 3.82. The third-order valence-electron chi connectivity index (χ3n) is 4.05. The minimum absolute atomic E-state index is 0.00160. The molecule has 0 unspecified atom stereocenters. The molecule has 2 heterocycles. The lowest BCUT2D eigenvalue weighted by atomic mass is 10.1. The number of hydrogen-bond donors (Lipinski definition) is 2. The van der Waals surface area contributed by atoms with E-state index in [-0.39, 0.29) is 12.3 Å². The molecular formula is C18H24N2O3S2. The quantitative estimate of drug-likeness (QED) is 0.338. The largest absolute Gasteiger partial charge is 0.481 e. The molecule has 5 nitrogen and oxygen atoms in total. The van der Waals surface area contributed by atoms with Crippen molar-refractivity contribution < 1.29 is 14.7 Å². The third-order valence-corrected chi connectivity index (χ3v) is 5.43. The maximum atomic E-state index is 12.4. The first-order chi connectivity index (χ1) is 12.1. The molecular weight excluding hydrogens is 356 g/mol. The molecule has 0 radical (unpaired) electrons. The molecule has 25 heavy (non-hydrogen) atoms. The van der Waals surface area contributed by atoms with Crippen LogP contribution in [-0.4, -0.2) is 37.7 Å². The lowest BCUT2D eigenvalue weighted by Gasteiger charge is -2.14. The van der Waals surface area contributed by atoms with E-state index in [1.807, 2.05) is 24.4 Å². The van der Waals surface area contributed by atoms with Crippen LogP contribution >= 0.6 is 24.0 Å². The zero-order valence-electron chi connectivity index (χ0n) is 14.2. The summed E-state index contributed by atoms with van der Waals surface area (Å²) in [4.78, 5) is 28.3. The van der Waals surface area contributed by atoms with Crippen molar-refractivity contribution in [2.24, 2.45) is 0 Å². The summed E-state index contributed by atoms with van der Waals surface area (Å²) < 4.78 is 0.636. The highest BCUT2D eigenvalue weighted by Gasteiger charge is 2.31. The van der Waals surface area contributed by atoms with Gasteiger partial charge in [-0.1, -0.05) is 56.1 Å². The monoisotopic (exact) mass is 380 g/mol. The van der Waals surface area contributed by atoms with E-state index in [1.54, 1.807) is 4.90 Å². The van der Waals surface area contributed by atoms with Gasteiger partial charge >= 0.3 is 5.97 Å². The Balaban J connectivity index is 1.62. The van der Waals surface area contributed by atoms with E-state index in [4.69, 9.17) is 17.3 Å². The number of thiocarbonyl (C=S) groups is 1. The van der Waals surface area contributed by atoms with Crippen LogP contribution in [0.25, 0.3) is 6.08 Å². The number of nitrogens with one attached hydrogen (secondary N) is 1. The summed E-state index contributed by atoms with van der Waals surface area (Å²) in [5.74, 6) is -0.716. The standard InChI is InChI=1S/C18H24N2O3S2/c21-16(22)10-6-4-2-1-3-5-7-12-20-17(23)15(25-18(20)24)13-14-9-8-11-19-14/h8-9,11,13,19H,1-7,10,12H2,(H,21,22)/b15-13-. The van der Waals surface area contributed by atoms with Crippen LogP contribution < -0.4 is 0 Å². The second kappa shape index (κ2) is 10.4. The average molecular weight is 381 g/mol. The lowest BCUT2D eigenvalue weighted by Crippen LogP contribution is -2.29. The topological polar surface area (TPSA) is 73.4 Å². The Morgan fingerprint density at radius 1 is 1.20 bits per heavy atom. The van der Waals surface area contributed by atoms with Gasteiger partial charge in [0.1, 0.15) is 4.32 Å². The van der Waals surface area contributed by atoms with Crippen LogP contribution in [0.3, 0.4) is 0 Å². The summed E-state index contributed by atoms with van der Waals surface area (Å²) in [6.45, 7) is 0.672. The number of thioether (sulfide) groups is 1. The fourth-order valence-corrected chi connectivity index (χ4v) is 4.00. The number of carboxylic acids is 1. The molecule has 2 N–H and O–H groups in total. The molecule has 0 saturated carbocycles. The van der Waals surface area contributed by atoms with Crippen molar-refractivity contribution >= 4 is 46.3 Å². The molecule has 0 spiro atoms. The minimum Gasteiger partial charge on any atom is -0.481 e. The Morgan fingerprint density at radius 2 is 1.88 bits per heavy atom. The van der Waals surface area contributed by atoms with Gasteiger partial charge in [0.15, 0.2) is 0 Å². The van der Waals surface area contributed by atoms with Gasteiger partial charge in [-0.25, -0.2) is 0 Å². The van der Waals surface area contributed by atoms with Crippen LogP contribution in [0, 0.1) is 0 Å². The molecule has 1 aliphatic rings. The molecule has 1 saturated heterocycles. The molecule has 1 fully saturated rings. The second-order valence-corrected chi connectivity index (χ2v) is 7.75. The van der Waals surface area contributed by atoms with E-state index >= 15 is 0 Å². The average Bonchev–Trinajstić information content (AvgIpc) is 3.16. The summed E-state index contributed by atoms with van der Waals surface area (Å²) in [7, 11) is 0. The van der Waals surface area contributed by atoms with Gasteiger partial charge in [-0.15, -0.1) is 0 Å². The summed E-state index contributed by atoms with van der Waals surface area (Å²) in [6.07, 6.45) is 11.0. The van der Waals surface area contributed by atoms with Crippen LogP contribution in [0.15, 0.2) is 23.2 Å². The number of H-pyrrole nitrogens is 1. The molecule has 1 amide bonds. The molecule has 7 heteroatoms. The van der Waals surface area contributed by atoms with E-state index in [0.29, 0.717) is 15.8 Å². The molecule has 0 atom stereocenters. The van der Waals surface area contributed by atoms with Crippen molar-refractivity contribution in [2.75, 3.05) is 6.54 Å². The molecule has 136 valence electrons. The molecule has 2 rings (SSSR count). The maximum absolute atomic E-state index is 12.4. The zero-order chi connectivity index (χ0) is 18.1. The number of unbranched alkanes of at least 4 members (excludes halogenated alkanes) is 6. The Kier molecular flexibility index (Phi) is 8.21. The number of carbonyl (C=O) groups is 2. The summed E-state index contributed by atoms with van der Waals surface area (Å²) in [5.41, 5.74) is 0.906. The van der Waals surface area contributed by atoms with Gasteiger partial charge in [-0.05, 0) is 31.1 Å². The van der Waals surface area contributed by atoms with Crippen LogP contribution in [0.2, 0.25) is 0 Å².